The van der Waals surface area contributed by atoms with Crippen LogP contribution in [0.25, 0.3) is 0 Å². The van der Waals surface area contributed by atoms with Crippen molar-refractivity contribution in [2.45, 2.75) is 30.7 Å². The van der Waals surface area contributed by atoms with Crippen LogP contribution in [0, 0.1) is 6.92 Å². The van der Waals surface area contributed by atoms with Crippen LogP contribution in [0.3, 0.4) is 0 Å². The Morgan fingerprint density at radius 2 is 1.59 bits per heavy atom. The number of sulfonamides is 1. The van der Waals surface area contributed by atoms with E-state index in [0.717, 1.165) is 18.4 Å². The number of nitrogens with one attached hydrogen (secondary N) is 2. The summed E-state index contributed by atoms with van der Waals surface area (Å²) in [5.41, 5.74) is 3.30. The SMILES string of the molecule is Cc1ccc(S(=O)(=O)Nc2nccnc2C(=O)NC2Cc3ccccc3C2)cc1. The highest BCUT2D eigenvalue weighted by Crippen LogP contribution is 2.22. The molecule has 0 radical (unpaired) electrons. The molecule has 0 fully saturated rings. The molecule has 0 saturated heterocycles. The minimum atomic E-state index is -3.89. The zero-order valence-electron chi connectivity index (χ0n) is 15.8. The van der Waals surface area contributed by atoms with E-state index in [1.165, 1.54) is 35.7 Å². The number of nitrogens with zero attached hydrogens (tertiary/aromatic N) is 2. The number of rotatable bonds is 5. The first-order valence-corrected chi connectivity index (χ1v) is 10.7. The van der Waals surface area contributed by atoms with Crippen LogP contribution in [-0.2, 0) is 22.9 Å². The van der Waals surface area contributed by atoms with Crippen molar-refractivity contribution >= 4 is 21.7 Å². The van der Waals surface area contributed by atoms with Gasteiger partial charge in [0, 0.05) is 18.4 Å². The molecule has 1 heterocycles. The first-order valence-electron chi connectivity index (χ1n) is 9.20. The fourth-order valence-electron chi connectivity index (χ4n) is 3.40. The predicted molar refractivity (Wildman–Crippen MR) is 109 cm³/mol. The molecule has 3 aromatic rings. The molecule has 8 heteroatoms. The van der Waals surface area contributed by atoms with Crippen molar-refractivity contribution in [1.29, 1.82) is 0 Å². The summed E-state index contributed by atoms with van der Waals surface area (Å²) < 4.78 is 27.7. The van der Waals surface area contributed by atoms with Gasteiger partial charge in [-0.2, -0.15) is 0 Å². The number of fused-ring (bicyclic) bond motifs is 1. The van der Waals surface area contributed by atoms with Gasteiger partial charge in [-0.25, -0.2) is 18.4 Å². The van der Waals surface area contributed by atoms with Gasteiger partial charge >= 0.3 is 0 Å². The maximum absolute atomic E-state index is 12.8. The largest absolute Gasteiger partial charge is 0.347 e. The minimum absolute atomic E-state index is 0.0563. The summed E-state index contributed by atoms with van der Waals surface area (Å²) in [6.07, 6.45) is 4.16. The number of aryl methyl sites for hydroxylation is 1. The molecular formula is C21H20N4O3S. The first kappa shape index (κ1) is 19.1. The van der Waals surface area contributed by atoms with Crippen molar-refractivity contribution in [2.24, 2.45) is 0 Å². The monoisotopic (exact) mass is 408 g/mol. The number of carbonyl (C=O) groups excluding carboxylic acids is 1. The second-order valence-corrected chi connectivity index (χ2v) is 8.70. The lowest BCUT2D eigenvalue weighted by atomic mass is 10.1. The lowest BCUT2D eigenvalue weighted by Crippen LogP contribution is -2.36. The molecule has 4 rings (SSSR count). The van der Waals surface area contributed by atoms with Gasteiger partial charge in [-0.3, -0.25) is 9.52 Å². The molecule has 7 nitrogen and oxygen atoms in total. The van der Waals surface area contributed by atoms with Crippen LogP contribution >= 0.6 is 0 Å². The molecule has 0 saturated carbocycles. The molecule has 1 aromatic heterocycles. The molecule has 148 valence electrons. The summed E-state index contributed by atoms with van der Waals surface area (Å²) in [5.74, 6) is -0.557. The minimum Gasteiger partial charge on any atom is -0.347 e. The molecular weight excluding hydrogens is 388 g/mol. The fourth-order valence-corrected chi connectivity index (χ4v) is 4.41. The van der Waals surface area contributed by atoms with Crippen LogP contribution < -0.4 is 10.0 Å². The van der Waals surface area contributed by atoms with Crippen molar-refractivity contribution < 1.29 is 13.2 Å². The van der Waals surface area contributed by atoms with Crippen LogP contribution in [-0.4, -0.2) is 30.3 Å². The maximum atomic E-state index is 12.8. The van der Waals surface area contributed by atoms with E-state index < -0.39 is 15.9 Å². The highest BCUT2D eigenvalue weighted by atomic mass is 32.2. The highest BCUT2D eigenvalue weighted by molar-refractivity contribution is 7.92. The Bertz CT molecular complexity index is 1140. The Kier molecular flexibility index (Phi) is 5.02. The zero-order chi connectivity index (χ0) is 20.4. The summed E-state index contributed by atoms with van der Waals surface area (Å²) in [5, 5.41) is 2.94. The van der Waals surface area contributed by atoms with E-state index in [2.05, 4.69) is 20.0 Å². The third kappa shape index (κ3) is 4.12. The van der Waals surface area contributed by atoms with E-state index in [0.29, 0.717) is 0 Å². The van der Waals surface area contributed by atoms with Gasteiger partial charge in [0.15, 0.2) is 11.5 Å². The van der Waals surface area contributed by atoms with Crippen LogP contribution in [0.4, 0.5) is 5.82 Å². The fraction of sp³-hybridized carbons (Fsp3) is 0.190. The molecule has 0 bridgehead atoms. The molecule has 1 amide bonds. The lowest BCUT2D eigenvalue weighted by Gasteiger charge is -2.14. The average Bonchev–Trinajstić information content (AvgIpc) is 3.10. The van der Waals surface area contributed by atoms with Crippen molar-refractivity contribution in [3.63, 3.8) is 0 Å². The van der Waals surface area contributed by atoms with Gasteiger partial charge in [0.25, 0.3) is 15.9 Å². The van der Waals surface area contributed by atoms with Crippen molar-refractivity contribution in [3.8, 4) is 0 Å². The molecule has 0 spiro atoms. The summed E-state index contributed by atoms with van der Waals surface area (Å²) in [6, 6.07) is 14.4. The summed E-state index contributed by atoms with van der Waals surface area (Å²) in [6.45, 7) is 1.87. The average molecular weight is 408 g/mol. The van der Waals surface area contributed by atoms with Gasteiger partial charge in [0.2, 0.25) is 0 Å². The molecule has 1 aliphatic carbocycles. The summed E-state index contributed by atoms with van der Waals surface area (Å²) in [4.78, 5) is 21.0. The number of benzene rings is 2. The third-order valence-electron chi connectivity index (χ3n) is 4.86. The maximum Gasteiger partial charge on any atom is 0.274 e. The predicted octanol–water partition coefficient (Wildman–Crippen LogP) is 2.48. The number of anilines is 1. The summed E-state index contributed by atoms with van der Waals surface area (Å²) >= 11 is 0. The Balaban J connectivity index is 1.52. The van der Waals surface area contributed by atoms with E-state index in [-0.39, 0.29) is 22.4 Å². The zero-order valence-corrected chi connectivity index (χ0v) is 16.6. The molecule has 0 aliphatic heterocycles. The second kappa shape index (κ2) is 7.63. The van der Waals surface area contributed by atoms with E-state index in [4.69, 9.17) is 0 Å². The summed E-state index contributed by atoms with van der Waals surface area (Å²) in [7, 11) is -3.89. The standard InChI is InChI=1S/C21H20N4O3S/c1-14-6-8-18(9-7-14)29(27,28)25-20-19(22-10-11-23-20)21(26)24-17-12-15-4-2-3-5-16(15)13-17/h2-11,17H,12-13H2,1H3,(H,23,25)(H,24,26). The smallest absolute Gasteiger partial charge is 0.274 e. The normalized spacial score (nSPS) is 13.7. The van der Waals surface area contributed by atoms with E-state index in [1.807, 2.05) is 31.2 Å². The van der Waals surface area contributed by atoms with Crippen LogP contribution in [0.2, 0.25) is 0 Å². The quantitative estimate of drug-likeness (QED) is 0.675. The van der Waals surface area contributed by atoms with Crippen molar-refractivity contribution in [3.05, 3.63) is 83.3 Å². The Hall–Kier alpha value is -3.26. The molecule has 2 N–H and O–H groups in total. The van der Waals surface area contributed by atoms with E-state index in [1.54, 1.807) is 12.1 Å². The second-order valence-electron chi connectivity index (χ2n) is 7.02. The molecule has 1 aliphatic rings. The van der Waals surface area contributed by atoms with Crippen LogP contribution in [0.15, 0.2) is 65.8 Å². The topological polar surface area (TPSA) is 101 Å². The number of aromatic nitrogens is 2. The van der Waals surface area contributed by atoms with Gasteiger partial charge < -0.3 is 5.32 Å². The number of hydrogen-bond donors (Lipinski definition) is 2. The van der Waals surface area contributed by atoms with Gasteiger partial charge in [-0.1, -0.05) is 42.0 Å². The highest BCUT2D eigenvalue weighted by Gasteiger charge is 2.26. The Morgan fingerprint density at radius 3 is 2.24 bits per heavy atom. The lowest BCUT2D eigenvalue weighted by molar-refractivity contribution is 0.0934. The Morgan fingerprint density at radius 1 is 0.966 bits per heavy atom. The Labute approximate surface area is 169 Å². The van der Waals surface area contributed by atoms with Gasteiger partial charge in [-0.05, 0) is 43.0 Å². The number of amides is 1. The van der Waals surface area contributed by atoms with Gasteiger partial charge in [0.05, 0.1) is 4.90 Å². The first-order chi connectivity index (χ1) is 13.9. The molecule has 29 heavy (non-hydrogen) atoms. The van der Waals surface area contributed by atoms with Gasteiger partial charge in [-0.15, -0.1) is 0 Å². The molecule has 0 atom stereocenters. The molecule has 2 aromatic carbocycles. The molecule has 0 unspecified atom stereocenters. The van der Waals surface area contributed by atoms with Crippen molar-refractivity contribution in [2.75, 3.05) is 4.72 Å². The number of hydrogen-bond acceptors (Lipinski definition) is 5. The third-order valence-corrected chi connectivity index (χ3v) is 6.22. The van der Waals surface area contributed by atoms with Gasteiger partial charge in [0.1, 0.15) is 0 Å². The van der Waals surface area contributed by atoms with E-state index in [9.17, 15) is 13.2 Å². The van der Waals surface area contributed by atoms with Crippen molar-refractivity contribution in [1.82, 2.24) is 15.3 Å². The van der Waals surface area contributed by atoms with Crippen LogP contribution in [0.5, 0.6) is 0 Å². The van der Waals surface area contributed by atoms with E-state index >= 15 is 0 Å². The number of carbonyl (C=O) groups is 1. The van der Waals surface area contributed by atoms with Crippen LogP contribution in [0.1, 0.15) is 27.2 Å².